The molecule has 0 saturated heterocycles. The highest BCUT2D eigenvalue weighted by atomic mass is 32.2. The average molecular weight is 202 g/mol. The maximum Gasteiger partial charge on any atom is 0.309 e. The zero-order valence-corrected chi connectivity index (χ0v) is 8.73. The predicted octanol–water partition coefficient (Wildman–Crippen LogP) is 1.61. The molecule has 1 saturated carbocycles. The molecule has 3 nitrogen and oxygen atoms in total. The predicted molar refractivity (Wildman–Crippen MR) is 51.4 cm³/mol. The Morgan fingerprint density at radius 1 is 1.54 bits per heavy atom. The van der Waals surface area contributed by atoms with E-state index in [0.717, 1.165) is 12.8 Å². The van der Waals surface area contributed by atoms with Gasteiger partial charge in [0.25, 0.3) is 0 Å². The second kappa shape index (κ2) is 4.65. The van der Waals surface area contributed by atoms with E-state index in [0.29, 0.717) is 5.75 Å². The quantitative estimate of drug-likeness (QED) is 0.649. The molecule has 0 heterocycles. The molecule has 0 aliphatic heterocycles. The average Bonchev–Trinajstić information content (AvgIpc) is 2.83. The third kappa shape index (κ3) is 4.31. The summed E-state index contributed by atoms with van der Waals surface area (Å²) in [5, 5.41) is 0.0473. The lowest BCUT2D eigenvalue weighted by molar-refractivity contribution is -0.148. The molecule has 0 bridgehead atoms. The number of carbonyl (C=O) groups is 2. The Labute approximate surface area is 82.2 Å². The number of ether oxygens (including phenoxy) is 1. The lowest BCUT2D eigenvalue weighted by Gasteiger charge is -2.08. The summed E-state index contributed by atoms with van der Waals surface area (Å²) >= 11 is 1.18. The van der Waals surface area contributed by atoms with Gasteiger partial charge in [0, 0.05) is 12.7 Å². The van der Waals surface area contributed by atoms with Crippen LogP contribution in [0.4, 0.5) is 0 Å². The van der Waals surface area contributed by atoms with Gasteiger partial charge in [-0.2, -0.15) is 0 Å². The van der Waals surface area contributed by atoms with Gasteiger partial charge in [0.2, 0.25) is 0 Å². The van der Waals surface area contributed by atoms with Gasteiger partial charge in [-0.15, -0.1) is 0 Å². The molecule has 0 radical (unpaired) electrons. The summed E-state index contributed by atoms with van der Waals surface area (Å²) in [5.41, 5.74) is 0. The van der Waals surface area contributed by atoms with E-state index >= 15 is 0 Å². The van der Waals surface area contributed by atoms with Crippen molar-refractivity contribution < 1.29 is 14.3 Å². The van der Waals surface area contributed by atoms with Gasteiger partial charge in [-0.05, 0) is 12.8 Å². The summed E-state index contributed by atoms with van der Waals surface area (Å²) in [7, 11) is 0. The third-order valence-corrected chi connectivity index (χ3v) is 2.82. The largest absolute Gasteiger partial charge is 0.462 e. The van der Waals surface area contributed by atoms with E-state index in [1.54, 1.807) is 6.92 Å². The van der Waals surface area contributed by atoms with E-state index in [-0.39, 0.29) is 23.1 Å². The van der Waals surface area contributed by atoms with Crippen LogP contribution in [0.15, 0.2) is 0 Å². The fraction of sp³-hybridized carbons (Fsp3) is 0.778. The molecule has 0 aromatic carbocycles. The summed E-state index contributed by atoms with van der Waals surface area (Å²) in [6, 6.07) is 0. The molecule has 0 spiro atoms. The molecule has 0 amide bonds. The molecule has 1 aliphatic rings. The van der Waals surface area contributed by atoms with Crippen molar-refractivity contribution in [1.82, 2.24) is 0 Å². The minimum Gasteiger partial charge on any atom is -0.462 e. The van der Waals surface area contributed by atoms with E-state index in [1.807, 2.05) is 0 Å². The van der Waals surface area contributed by atoms with Gasteiger partial charge < -0.3 is 4.74 Å². The molecule has 0 aromatic heterocycles. The van der Waals surface area contributed by atoms with Crippen molar-refractivity contribution in [2.24, 2.45) is 5.92 Å². The maximum atomic E-state index is 11.3. The van der Waals surface area contributed by atoms with Crippen molar-refractivity contribution in [3.05, 3.63) is 0 Å². The Hall–Kier alpha value is -0.510. The van der Waals surface area contributed by atoms with E-state index in [2.05, 4.69) is 0 Å². The van der Waals surface area contributed by atoms with Crippen molar-refractivity contribution in [2.45, 2.75) is 32.8 Å². The Morgan fingerprint density at radius 2 is 2.15 bits per heavy atom. The molecule has 1 unspecified atom stereocenters. The number of hydrogen-bond acceptors (Lipinski definition) is 4. The SMILES string of the molecule is CC(=O)SCC(C)C(=O)OC1CC1. The van der Waals surface area contributed by atoms with Crippen LogP contribution in [0.25, 0.3) is 0 Å². The summed E-state index contributed by atoms with van der Waals surface area (Å²) in [6.07, 6.45) is 2.16. The van der Waals surface area contributed by atoms with Gasteiger partial charge in [0.1, 0.15) is 6.10 Å². The Balaban J connectivity index is 2.16. The van der Waals surface area contributed by atoms with Crippen molar-refractivity contribution in [3.63, 3.8) is 0 Å². The van der Waals surface area contributed by atoms with E-state index in [9.17, 15) is 9.59 Å². The van der Waals surface area contributed by atoms with Crippen molar-refractivity contribution >= 4 is 22.8 Å². The fourth-order valence-corrected chi connectivity index (χ4v) is 1.40. The number of esters is 1. The smallest absolute Gasteiger partial charge is 0.309 e. The van der Waals surface area contributed by atoms with Crippen LogP contribution < -0.4 is 0 Å². The molecule has 1 rings (SSSR count). The minimum atomic E-state index is -0.172. The monoisotopic (exact) mass is 202 g/mol. The second-order valence-electron chi connectivity index (χ2n) is 3.34. The highest BCUT2D eigenvalue weighted by Gasteiger charge is 2.28. The van der Waals surface area contributed by atoms with Crippen LogP contribution in [0.1, 0.15) is 26.7 Å². The Kier molecular flexibility index (Phi) is 3.78. The molecule has 13 heavy (non-hydrogen) atoms. The third-order valence-electron chi connectivity index (χ3n) is 1.75. The Bertz CT molecular complexity index is 211. The maximum absolute atomic E-state index is 11.3. The summed E-state index contributed by atoms with van der Waals surface area (Å²) in [6.45, 7) is 3.30. The number of rotatable bonds is 4. The van der Waals surface area contributed by atoms with Gasteiger partial charge in [0.05, 0.1) is 5.92 Å². The van der Waals surface area contributed by atoms with Gasteiger partial charge in [-0.25, -0.2) is 0 Å². The van der Waals surface area contributed by atoms with Crippen LogP contribution in [0.2, 0.25) is 0 Å². The first-order valence-electron chi connectivity index (χ1n) is 4.43. The highest BCUT2D eigenvalue weighted by Crippen LogP contribution is 2.25. The highest BCUT2D eigenvalue weighted by molar-refractivity contribution is 8.13. The molecular formula is C9H14O3S. The summed E-state index contributed by atoms with van der Waals surface area (Å²) in [4.78, 5) is 21.9. The molecule has 0 N–H and O–H groups in total. The molecule has 1 fully saturated rings. The van der Waals surface area contributed by atoms with Crippen LogP contribution in [0, 0.1) is 5.92 Å². The molecule has 74 valence electrons. The number of hydrogen-bond donors (Lipinski definition) is 0. The van der Waals surface area contributed by atoms with E-state index in [1.165, 1.54) is 18.7 Å². The lowest BCUT2D eigenvalue weighted by atomic mass is 10.2. The minimum absolute atomic E-state index is 0.0473. The first kappa shape index (κ1) is 10.6. The summed E-state index contributed by atoms with van der Waals surface area (Å²) in [5.74, 6) is 0.187. The molecular weight excluding hydrogens is 188 g/mol. The van der Waals surface area contributed by atoms with Crippen molar-refractivity contribution in [1.29, 1.82) is 0 Å². The first-order valence-corrected chi connectivity index (χ1v) is 5.42. The van der Waals surface area contributed by atoms with Gasteiger partial charge in [-0.1, -0.05) is 18.7 Å². The fourth-order valence-electron chi connectivity index (χ4n) is 0.777. The second-order valence-corrected chi connectivity index (χ2v) is 4.54. The molecule has 1 atom stereocenters. The van der Waals surface area contributed by atoms with Crippen molar-refractivity contribution in [3.8, 4) is 0 Å². The van der Waals surface area contributed by atoms with Crippen LogP contribution >= 0.6 is 11.8 Å². The van der Waals surface area contributed by atoms with Gasteiger partial charge in [-0.3, -0.25) is 9.59 Å². The zero-order valence-electron chi connectivity index (χ0n) is 7.91. The summed E-state index contributed by atoms with van der Waals surface area (Å²) < 4.78 is 5.09. The van der Waals surface area contributed by atoms with Crippen molar-refractivity contribution in [2.75, 3.05) is 5.75 Å². The first-order chi connectivity index (χ1) is 6.09. The van der Waals surface area contributed by atoms with Gasteiger partial charge in [0.15, 0.2) is 5.12 Å². The van der Waals surface area contributed by atoms with Crippen LogP contribution in [-0.4, -0.2) is 22.9 Å². The van der Waals surface area contributed by atoms with Gasteiger partial charge >= 0.3 is 5.97 Å². The van der Waals surface area contributed by atoms with E-state index < -0.39 is 0 Å². The van der Waals surface area contributed by atoms with Crippen LogP contribution in [0.5, 0.6) is 0 Å². The standard InChI is InChI=1S/C9H14O3S/c1-6(5-13-7(2)10)9(11)12-8-3-4-8/h6,8H,3-5H2,1-2H3. The van der Waals surface area contributed by atoms with Crippen LogP contribution in [0.3, 0.4) is 0 Å². The Morgan fingerprint density at radius 3 is 2.62 bits per heavy atom. The normalized spacial score (nSPS) is 18.0. The van der Waals surface area contributed by atoms with E-state index in [4.69, 9.17) is 4.74 Å². The topological polar surface area (TPSA) is 43.4 Å². The zero-order chi connectivity index (χ0) is 9.84. The number of thioether (sulfide) groups is 1. The molecule has 1 aliphatic carbocycles. The molecule has 0 aromatic rings. The van der Waals surface area contributed by atoms with Crippen LogP contribution in [-0.2, 0) is 14.3 Å². The molecule has 4 heteroatoms. The lowest BCUT2D eigenvalue weighted by Crippen LogP contribution is -2.18. The number of carbonyl (C=O) groups excluding carboxylic acids is 2.